The first-order chi connectivity index (χ1) is 9.51. The van der Waals surface area contributed by atoms with Crippen molar-refractivity contribution >= 4 is 17.3 Å². The fraction of sp³-hybridized carbons (Fsp3) is 0.533. The summed E-state index contributed by atoms with van der Waals surface area (Å²) in [5, 5.41) is 3.11. The van der Waals surface area contributed by atoms with Crippen molar-refractivity contribution in [3.8, 4) is 0 Å². The number of hydrogen-bond acceptors (Lipinski definition) is 4. The number of rotatable bonds is 6. The van der Waals surface area contributed by atoms with Crippen LogP contribution >= 0.6 is 0 Å². The summed E-state index contributed by atoms with van der Waals surface area (Å²) in [4.78, 5) is 11.8. The van der Waals surface area contributed by atoms with Gasteiger partial charge in [0.1, 0.15) is 5.82 Å². The fourth-order valence-electron chi connectivity index (χ4n) is 2.26. The molecule has 110 valence electrons. The van der Waals surface area contributed by atoms with Gasteiger partial charge in [0.25, 0.3) is 0 Å². The summed E-state index contributed by atoms with van der Waals surface area (Å²) in [7, 11) is 0. The molecule has 0 amide bonds. The average molecular weight is 280 g/mol. The first-order valence-electron chi connectivity index (χ1n) is 7.04. The van der Waals surface area contributed by atoms with Gasteiger partial charge in [0.05, 0.1) is 17.9 Å². The second kappa shape index (κ2) is 6.11. The minimum atomic E-state index is -0.525. The Morgan fingerprint density at radius 2 is 2.25 bits per heavy atom. The number of nitrogens with two attached hydrogens (primary N) is 1. The molecule has 3 N–H and O–H groups in total. The molecular formula is C15H21FN2O2. The van der Waals surface area contributed by atoms with Crippen LogP contribution in [0.3, 0.4) is 0 Å². The van der Waals surface area contributed by atoms with Gasteiger partial charge < -0.3 is 15.8 Å². The molecule has 5 heteroatoms. The van der Waals surface area contributed by atoms with Gasteiger partial charge in [0.15, 0.2) is 0 Å². The lowest BCUT2D eigenvalue weighted by Crippen LogP contribution is -2.18. The number of nitrogen functional groups attached to an aromatic ring is 1. The number of halogens is 1. The smallest absolute Gasteiger partial charge is 0.340 e. The van der Waals surface area contributed by atoms with E-state index in [4.69, 9.17) is 10.5 Å². The van der Waals surface area contributed by atoms with Crippen molar-refractivity contribution in [2.24, 2.45) is 5.92 Å². The molecule has 2 rings (SSSR count). The van der Waals surface area contributed by atoms with Crippen LogP contribution in [0.5, 0.6) is 0 Å². The summed E-state index contributed by atoms with van der Waals surface area (Å²) in [6.07, 6.45) is 3.52. The van der Waals surface area contributed by atoms with E-state index in [1.54, 1.807) is 6.92 Å². The number of benzene rings is 1. The maximum atomic E-state index is 13.9. The fourth-order valence-corrected chi connectivity index (χ4v) is 2.26. The van der Waals surface area contributed by atoms with Gasteiger partial charge >= 0.3 is 5.97 Å². The van der Waals surface area contributed by atoms with E-state index in [1.807, 2.05) is 6.92 Å². The number of carbonyl (C=O) groups excluding carboxylic acids is 1. The van der Waals surface area contributed by atoms with Crippen LogP contribution in [0.1, 0.15) is 43.5 Å². The van der Waals surface area contributed by atoms with Gasteiger partial charge in [0.2, 0.25) is 0 Å². The number of hydrogen-bond donors (Lipinski definition) is 2. The lowest BCUT2D eigenvalue weighted by molar-refractivity contribution is 0.0527. The molecule has 1 aromatic rings. The molecule has 0 spiro atoms. The Kier molecular flexibility index (Phi) is 4.47. The van der Waals surface area contributed by atoms with Crippen molar-refractivity contribution in [1.29, 1.82) is 0 Å². The van der Waals surface area contributed by atoms with Crippen LogP contribution in [0.15, 0.2) is 12.1 Å². The standard InChI is InChI=1S/C15H21FN2O2/c1-3-20-15(19)11-7-14(12(16)8-13(11)17)18-9(2)6-10-4-5-10/h7-10,18H,3-6,17H2,1-2H3. The summed E-state index contributed by atoms with van der Waals surface area (Å²) in [6, 6.07) is 2.76. The Morgan fingerprint density at radius 3 is 2.85 bits per heavy atom. The van der Waals surface area contributed by atoms with Gasteiger partial charge in [0, 0.05) is 11.7 Å². The highest BCUT2D eigenvalue weighted by Crippen LogP contribution is 2.34. The molecule has 0 heterocycles. The number of esters is 1. The lowest BCUT2D eigenvalue weighted by Gasteiger charge is -2.17. The third kappa shape index (κ3) is 3.62. The van der Waals surface area contributed by atoms with Gasteiger partial charge in [-0.15, -0.1) is 0 Å². The van der Waals surface area contributed by atoms with E-state index in [2.05, 4.69) is 5.32 Å². The minimum Gasteiger partial charge on any atom is -0.462 e. The van der Waals surface area contributed by atoms with Crippen LogP contribution in [-0.2, 0) is 4.74 Å². The van der Waals surface area contributed by atoms with Crippen LogP contribution in [0, 0.1) is 11.7 Å². The molecule has 0 saturated heterocycles. The van der Waals surface area contributed by atoms with E-state index in [9.17, 15) is 9.18 Å². The van der Waals surface area contributed by atoms with Crippen LogP contribution in [-0.4, -0.2) is 18.6 Å². The van der Waals surface area contributed by atoms with Gasteiger partial charge in [-0.3, -0.25) is 0 Å². The molecule has 4 nitrogen and oxygen atoms in total. The van der Waals surface area contributed by atoms with Crippen LogP contribution in [0.2, 0.25) is 0 Å². The van der Waals surface area contributed by atoms with Gasteiger partial charge in [-0.2, -0.15) is 0 Å². The summed E-state index contributed by atoms with van der Waals surface area (Å²) in [5.41, 5.74) is 6.28. The van der Waals surface area contributed by atoms with Crippen LogP contribution in [0.25, 0.3) is 0 Å². The topological polar surface area (TPSA) is 64.3 Å². The molecule has 1 unspecified atom stereocenters. The summed E-state index contributed by atoms with van der Waals surface area (Å²) < 4.78 is 18.8. The van der Waals surface area contributed by atoms with E-state index in [1.165, 1.54) is 25.0 Å². The van der Waals surface area contributed by atoms with Crippen molar-refractivity contribution in [3.63, 3.8) is 0 Å². The highest BCUT2D eigenvalue weighted by atomic mass is 19.1. The van der Waals surface area contributed by atoms with Crippen LogP contribution in [0.4, 0.5) is 15.8 Å². The van der Waals surface area contributed by atoms with Crippen molar-refractivity contribution in [2.45, 2.75) is 39.2 Å². The molecule has 0 bridgehead atoms. The third-order valence-electron chi connectivity index (χ3n) is 3.42. The van der Waals surface area contributed by atoms with Gasteiger partial charge in [-0.25, -0.2) is 9.18 Å². The predicted octanol–water partition coefficient (Wildman–Crippen LogP) is 3.19. The average Bonchev–Trinajstić information content (AvgIpc) is 3.16. The Bertz CT molecular complexity index is 501. The molecule has 1 fully saturated rings. The van der Waals surface area contributed by atoms with Crippen molar-refractivity contribution in [2.75, 3.05) is 17.7 Å². The van der Waals surface area contributed by atoms with E-state index >= 15 is 0 Å². The summed E-state index contributed by atoms with van der Waals surface area (Å²) >= 11 is 0. The van der Waals surface area contributed by atoms with Gasteiger partial charge in [-0.1, -0.05) is 12.8 Å². The normalized spacial score (nSPS) is 15.8. The Labute approximate surface area is 118 Å². The Hall–Kier alpha value is -1.78. The molecular weight excluding hydrogens is 259 g/mol. The zero-order valence-corrected chi connectivity index (χ0v) is 11.9. The second-order valence-corrected chi connectivity index (χ2v) is 5.36. The molecule has 0 aliphatic heterocycles. The van der Waals surface area contributed by atoms with E-state index in [-0.39, 0.29) is 23.9 Å². The molecule has 20 heavy (non-hydrogen) atoms. The van der Waals surface area contributed by atoms with E-state index in [0.717, 1.165) is 12.3 Å². The van der Waals surface area contributed by atoms with E-state index < -0.39 is 11.8 Å². The maximum Gasteiger partial charge on any atom is 0.340 e. The quantitative estimate of drug-likeness (QED) is 0.620. The molecule has 0 radical (unpaired) electrons. The van der Waals surface area contributed by atoms with Crippen molar-refractivity contribution < 1.29 is 13.9 Å². The number of anilines is 2. The number of ether oxygens (including phenoxy) is 1. The molecule has 1 aliphatic rings. The molecule has 1 atom stereocenters. The van der Waals surface area contributed by atoms with Crippen LogP contribution < -0.4 is 11.1 Å². The molecule has 1 aliphatic carbocycles. The number of carbonyl (C=O) groups is 1. The molecule has 1 aromatic carbocycles. The minimum absolute atomic E-state index is 0.0985. The molecule has 1 saturated carbocycles. The third-order valence-corrected chi connectivity index (χ3v) is 3.42. The largest absolute Gasteiger partial charge is 0.462 e. The summed E-state index contributed by atoms with van der Waals surface area (Å²) in [6.45, 7) is 3.99. The maximum absolute atomic E-state index is 13.9. The first kappa shape index (κ1) is 14.6. The molecule has 0 aromatic heterocycles. The first-order valence-corrected chi connectivity index (χ1v) is 7.04. The zero-order valence-electron chi connectivity index (χ0n) is 11.9. The lowest BCUT2D eigenvalue weighted by atomic mass is 10.1. The van der Waals surface area contributed by atoms with Crippen molar-refractivity contribution in [1.82, 2.24) is 0 Å². The summed E-state index contributed by atoms with van der Waals surface area (Å²) in [5.74, 6) is -0.222. The SMILES string of the molecule is CCOC(=O)c1cc(NC(C)CC2CC2)c(F)cc1N. The zero-order chi connectivity index (χ0) is 14.7. The highest BCUT2D eigenvalue weighted by molar-refractivity contribution is 5.96. The monoisotopic (exact) mass is 280 g/mol. The highest BCUT2D eigenvalue weighted by Gasteiger charge is 2.24. The second-order valence-electron chi connectivity index (χ2n) is 5.36. The Morgan fingerprint density at radius 1 is 1.55 bits per heavy atom. The van der Waals surface area contributed by atoms with E-state index in [0.29, 0.717) is 5.69 Å². The Balaban J connectivity index is 2.14. The van der Waals surface area contributed by atoms with Gasteiger partial charge in [-0.05, 0) is 38.3 Å². The number of nitrogens with one attached hydrogen (secondary N) is 1. The van der Waals surface area contributed by atoms with Crippen molar-refractivity contribution in [3.05, 3.63) is 23.5 Å². The predicted molar refractivity (Wildman–Crippen MR) is 77.2 cm³/mol.